The first-order valence-electron chi connectivity index (χ1n) is 7.79. The van der Waals surface area contributed by atoms with Gasteiger partial charge in [0.1, 0.15) is 0 Å². The van der Waals surface area contributed by atoms with E-state index in [1.54, 1.807) is 0 Å². The molecule has 1 aromatic carbocycles. The highest BCUT2D eigenvalue weighted by molar-refractivity contribution is 5.85. The molecule has 4 heteroatoms. The van der Waals surface area contributed by atoms with E-state index < -0.39 is 0 Å². The molecule has 1 aromatic rings. The lowest BCUT2D eigenvalue weighted by atomic mass is 9.90. The van der Waals surface area contributed by atoms with Crippen LogP contribution in [0.3, 0.4) is 0 Å². The summed E-state index contributed by atoms with van der Waals surface area (Å²) >= 11 is 0. The summed E-state index contributed by atoms with van der Waals surface area (Å²) in [4.78, 5) is 2.66. The Kier molecular flexibility index (Phi) is 10.3. The van der Waals surface area contributed by atoms with Crippen LogP contribution in [-0.4, -0.2) is 31.1 Å². The molecular weight excluding hydrogens is 303 g/mol. The van der Waals surface area contributed by atoms with E-state index in [0.29, 0.717) is 12.0 Å². The smallest absolute Gasteiger partial charge is 0.0374 e. The van der Waals surface area contributed by atoms with Crippen molar-refractivity contribution in [2.24, 2.45) is 5.92 Å². The number of nitrogens with zero attached hydrogens (tertiary/aromatic N) is 1. The van der Waals surface area contributed by atoms with Gasteiger partial charge in [-0.25, -0.2) is 0 Å². The van der Waals surface area contributed by atoms with Crippen LogP contribution in [0.15, 0.2) is 24.3 Å². The molecule has 2 rings (SSSR count). The molecule has 0 amide bonds. The molecule has 21 heavy (non-hydrogen) atoms. The van der Waals surface area contributed by atoms with Gasteiger partial charge >= 0.3 is 0 Å². The largest absolute Gasteiger partial charge is 0.314 e. The van der Waals surface area contributed by atoms with Crippen molar-refractivity contribution in [1.82, 2.24) is 10.2 Å². The maximum atomic E-state index is 3.45. The summed E-state index contributed by atoms with van der Waals surface area (Å²) in [6, 6.07) is 9.87. The Morgan fingerprint density at radius 3 is 2.10 bits per heavy atom. The quantitative estimate of drug-likeness (QED) is 0.873. The highest BCUT2D eigenvalue weighted by atomic mass is 35.5. The van der Waals surface area contributed by atoms with Crippen molar-refractivity contribution in [2.75, 3.05) is 26.2 Å². The Bertz CT molecular complexity index is 375. The zero-order chi connectivity index (χ0) is 13.7. The molecule has 1 aliphatic rings. The van der Waals surface area contributed by atoms with E-state index in [4.69, 9.17) is 0 Å². The Balaban J connectivity index is 0.00000200. The van der Waals surface area contributed by atoms with Crippen LogP contribution >= 0.6 is 24.8 Å². The van der Waals surface area contributed by atoms with Gasteiger partial charge in [0.05, 0.1) is 0 Å². The molecule has 1 fully saturated rings. The van der Waals surface area contributed by atoms with Crippen LogP contribution in [0.1, 0.15) is 44.4 Å². The number of hydrogen-bond acceptors (Lipinski definition) is 2. The summed E-state index contributed by atoms with van der Waals surface area (Å²) in [6.45, 7) is 11.5. The molecule has 122 valence electrons. The summed E-state index contributed by atoms with van der Waals surface area (Å²) in [6.07, 6.45) is 2.37. The minimum atomic E-state index is 0. The molecular formula is C17H30Cl2N2. The summed E-state index contributed by atoms with van der Waals surface area (Å²) in [5, 5.41) is 3.45. The molecule has 2 atom stereocenters. The van der Waals surface area contributed by atoms with E-state index in [2.05, 4.69) is 55.3 Å². The number of halogens is 2. The van der Waals surface area contributed by atoms with Crippen molar-refractivity contribution in [1.29, 1.82) is 0 Å². The molecule has 2 nitrogen and oxygen atoms in total. The average molecular weight is 333 g/mol. The van der Waals surface area contributed by atoms with E-state index in [9.17, 15) is 0 Å². The van der Waals surface area contributed by atoms with Crippen molar-refractivity contribution < 1.29 is 0 Å². The first kappa shape index (κ1) is 20.7. The molecule has 1 unspecified atom stereocenters. The second-order valence-corrected chi connectivity index (χ2v) is 5.71. The number of rotatable bonds is 5. The van der Waals surface area contributed by atoms with Crippen molar-refractivity contribution in [3.05, 3.63) is 35.4 Å². The topological polar surface area (TPSA) is 15.3 Å². The average Bonchev–Trinajstić information content (AvgIpc) is 2.49. The zero-order valence-corrected chi connectivity index (χ0v) is 15.1. The van der Waals surface area contributed by atoms with Gasteiger partial charge in [0, 0.05) is 32.2 Å². The van der Waals surface area contributed by atoms with Gasteiger partial charge in [-0.15, -0.1) is 24.8 Å². The number of nitrogens with one attached hydrogen (secondary N) is 1. The summed E-state index contributed by atoms with van der Waals surface area (Å²) in [5.41, 5.74) is 2.93. The Labute approximate surface area is 142 Å². The van der Waals surface area contributed by atoms with Crippen molar-refractivity contribution in [3.63, 3.8) is 0 Å². The first-order valence-corrected chi connectivity index (χ1v) is 7.79. The normalized spacial score (nSPS) is 18.2. The van der Waals surface area contributed by atoms with E-state index in [1.807, 2.05) is 0 Å². The van der Waals surface area contributed by atoms with Crippen molar-refractivity contribution in [3.8, 4) is 0 Å². The molecule has 1 aliphatic heterocycles. The maximum Gasteiger partial charge on any atom is 0.0374 e. The lowest BCUT2D eigenvalue weighted by molar-refractivity contribution is 0.128. The van der Waals surface area contributed by atoms with E-state index in [-0.39, 0.29) is 24.8 Å². The third-order valence-corrected chi connectivity index (χ3v) is 4.46. The number of piperazine rings is 1. The second-order valence-electron chi connectivity index (χ2n) is 5.71. The number of benzene rings is 1. The minimum absolute atomic E-state index is 0. The molecule has 1 heterocycles. The fourth-order valence-electron chi connectivity index (χ4n) is 3.03. The molecule has 0 aromatic heterocycles. The van der Waals surface area contributed by atoms with Crippen LogP contribution in [0.2, 0.25) is 0 Å². The van der Waals surface area contributed by atoms with Crippen LogP contribution in [0.5, 0.6) is 0 Å². The summed E-state index contributed by atoms with van der Waals surface area (Å²) in [5.74, 6) is 0.713. The monoisotopic (exact) mass is 332 g/mol. The SMILES string of the molecule is CCc1ccc([C@@H](C(C)CC)N2CCNCC2)cc1.Cl.Cl. The van der Waals surface area contributed by atoms with Gasteiger partial charge in [-0.05, 0) is 23.5 Å². The van der Waals surface area contributed by atoms with Crippen LogP contribution in [0.4, 0.5) is 0 Å². The lowest BCUT2D eigenvalue weighted by Gasteiger charge is -2.38. The highest BCUT2D eigenvalue weighted by Crippen LogP contribution is 2.31. The highest BCUT2D eigenvalue weighted by Gasteiger charge is 2.26. The maximum absolute atomic E-state index is 3.45. The molecule has 0 bridgehead atoms. The van der Waals surface area contributed by atoms with Gasteiger partial charge < -0.3 is 5.32 Å². The Hall–Kier alpha value is -0.280. The molecule has 1 N–H and O–H groups in total. The third kappa shape index (κ3) is 5.45. The fraction of sp³-hybridized carbons (Fsp3) is 0.647. The number of aryl methyl sites for hydroxylation is 1. The third-order valence-electron chi connectivity index (χ3n) is 4.46. The van der Waals surface area contributed by atoms with Gasteiger partial charge in [-0.1, -0.05) is 51.5 Å². The molecule has 0 aliphatic carbocycles. The molecule has 0 saturated carbocycles. The van der Waals surface area contributed by atoms with Crippen LogP contribution in [0.25, 0.3) is 0 Å². The van der Waals surface area contributed by atoms with Gasteiger partial charge in [0.15, 0.2) is 0 Å². The first-order chi connectivity index (χ1) is 9.26. The van der Waals surface area contributed by atoms with E-state index in [0.717, 1.165) is 19.5 Å². The van der Waals surface area contributed by atoms with Crippen LogP contribution < -0.4 is 5.32 Å². The zero-order valence-electron chi connectivity index (χ0n) is 13.5. The van der Waals surface area contributed by atoms with Gasteiger partial charge in [-0.3, -0.25) is 4.90 Å². The van der Waals surface area contributed by atoms with Crippen LogP contribution in [-0.2, 0) is 6.42 Å². The van der Waals surface area contributed by atoms with E-state index in [1.165, 1.54) is 30.6 Å². The minimum Gasteiger partial charge on any atom is -0.314 e. The molecule has 0 radical (unpaired) electrons. The Morgan fingerprint density at radius 2 is 1.62 bits per heavy atom. The van der Waals surface area contributed by atoms with Gasteiger partial charge in [-0.2, -0.15) is 0 Å². The predicted octanol–water partition coefficient (Wildman–Crippen LogP) is 4.09. The molecule has 1 saturated heterocycles. The second kappa shape index (κ2) is 10.4. The van der Waals surface area contributed by atoms with Crippen LogP contribution in [0, 0.1) is 5.92 Å². The molecule has 0 spiro atoms. The Morgan fingerprint density at radius 1 is 1.05 bits per heavy atom. The predicted molar refractivity (Wildman–Crippen MR) is 97.0 cm³/mol. The van der Waals surface area contributed by atoms with Gasteiger partial charge in [0.25, 0.3) is 0 Å². The lowest BCUT2D eigenvalue weighted by Crippen LogP contribution is -2.46. The summed E-state index contributed by atoms with van der Waals surface area (Å²) < 4.78 is 0. The van der Waals surface area contributed by atoms with E-state index >= 15 is 0 Å². The van der Waals surface area contributed by atoms with Crippen molar-refractivity contribution in [2.45, 2.75) is 39.7 Å². The van der Waals surface area contributed by atoms with Crippen molar-refractivity contribution >= 4 is 24.8 Å². The summed E-state index contributed by atoms with van der Waals surface area (Å²) in [7, 11) is 0. The number of hydrogen-bond donors (Lipinski definition) is 1. The fourth-order valence-corrected chi connectivity index (χ4v) is 3.03. The van der Waals surface area contributed by atoms with Gasteiger partial charge in [0.2, 0.25) is 0 Å². The standard InChI is InChI=1S/C17H28N2.2ClH/c1-4-14(3)17(19-12-10-18-11-13-19)16-8-6-15(5-2)7-9-16;;/h6-9,14,17-18H,4-5,10-13H2,1-3H3;2*1H/t14?,17-;;/m1../s1.